The van der Waals surface area contributed by atoms with Gasteiger partial charge in [0.05, 0.1) is 0 Å². The quantitative estimate of drug-likeness (QED) is 0.586. The van der Waals surface area contributed by atoms with Crippen LogP contribution in [0.15, 0.2) is 12.7 Å². The molecule has 0 rings (SSSR count). The van der Waals surface area contributed by atoms with Crippen molar-refractivity contribution in [2.24, 2.45) is 5.73 Å². The smallest absolute Gasteiger partial charge is 0.105 e. The molecule has 2 N–H and O–H groups in total. The molecule has 0 aromatic rings. The Bertz CT molecular complexity index is 58.4. The van der Waals surface area contributed by atoms with E-state index in [1.54, 1.807) is 6.08 Å². The van der Waals surface area contributed by atoms with Crippen molar-refractivity contribution in [1.29, 1.82) is 0 Å². The van der Waals surface area contributed by atoms with E-state index in [1.165, 1.54) is 0 Å². The van der Waals surface area contributed by atoms with Crippen molar-refractivity contribution in [2.75, 3.05) is 6.67 Å². The number of hydrogen-bond donors (Lipinski definition) is 1. The van der Waals surface area contributed by atoms with Gasteiger partial charge in [-0.25, -0.2) is 4.39 Å². The van der Waals surface area contributed by atoms with Crippen molar-refractivity contribution in [2.45, 2.75) is 12.5 Å². The van der Waals surface area contributed by atoms with E-state index < -0.39 is 6.67 Å². The lowest BCUT2D eigenvalue weighted by Crippen LogP contribution is -2.20. The van der Waals surface area contributed by atoms with Crippen LogP contribution in [0.1, 0.15) is 6.42 Å². The van der Waals surface area contributed by atoms with Gasteiger partial charge in [-0.1, -0.05) is 6.08 Å². The lowest BCUT2D eigenvalue weighted by Gasteiger charge is -1.98. The molecule has 0 aliphatic carbocycles. The molecule has 50 valence electrons. The summed E-state index contributed by atoms with van der Waals surface area (Å²) in [7, 11) is 0. The van der Waals surface area contributed by atoms with E-state index in [1.807, 2.05) is 0 Å². The highest BCUT2D eigenvalue weighted by atomic mass is 35.5. The molecule has 1 unspecified atom stereocenters. The molecule has 0 saturated carbocycles. The maximum absolute atomic E-state index is 11.4. The minimum Gasteiger partial charge on any atom is -0.325 e. The van der Waals surface area contributed by atoms with Crippen molar-refractivity contribution >= 4 is 12.4 Å². The van der Waals surface area contributed by atoms with Crippen molar-refractivity contribution in [3.63, 3.8) is 0 Å². The predicted octanol–water partition coefficient (Wildman–Crippen LogP) is 1.28. The fraction of sp³-hybridized carbons (Fsp3) is 0.600. The van der Waals surface area contributed by atoms with Crippen LogP contribution in [0.2, 0.25) is 0 Å². The van der Waals surface area contributed by atoms with E-state index in [0.29, 0.717) is 6.42 Å². The summed E-state index contributed by atoms with van der Waals surface area (Å²) >= 11 is 0. The van der Waals surface area contributed by atoms with E-state index in [4.69, 9.17) is 5.73 Å². The Kier molecular flexibility index (Phi) is 9.36. The topological polar surface area (TPSA) is 26.0 Å². The van der Waals surface area contributed by atoms with Crippen LogP contribution in [-0.4, -0.2) is 12.7 Å². The summed E-state index contributed by atoms with van der Waals surface area (Å²) in [5, 5.41) is 0. The predicted molar refractivity (Wildman–Crippen MR) is 36.0 cm³/mol. The molecule has 1 nitrogen and oxygen atoms in total. The highest BCUT2D eigenvalue weighted by Gasteiger charge is 1.93. The van der Waals surface area contributed by atoms with Crippen LogP contribution in [0.3, 0.4) is 0 Å². The van der Waals surface area contributed by atoms with Crippen LogP contribution < -0.4 is 5.73 Å². The van der Waals surface area contributed by atoms with Gasteiger partial charge in [-0.2, -0.15) is 0 Å². The first-order valence-electron chi connectivity index (χ1n) is 2.23. The number of alkyl halides is 1. The van der Waals surface area contributed by atoms with Gasteiger partial charge in [0.2, 0.25) is 0 Å². The molecule has 0 aromatic carbocycles. The molecule has 0 saturated heterocycles. The van der Waals surface area contributed by atoms with E-state index >= 15 is 0 Å². The summed E-state index contributed by atoms with van der Waals surface area (Å²) in [5.74, 6) is 0. The second-order valence-electron chi connectivity index (χ2n) is 1.44. The van der Waals surface area contributed by atoms with Crippen LogP contribution in [-0.2, 0) is 0 Å². The Morgan fingerprint density at radius 3 is 2.38 bits per heavy atom. The molecule has 0 spiro atoms. The van der Waals surface area contributed by atoms with E-state index in [2.05, 4.69) is 6.58 Å². The van der Waals surface area contributed by atoms with E-state index in [-0.39, 0.29) is 18.4 Å². The highest BCUT2D eigenvalue weighted by molar-refractivity contribution is 5.85. The average Bonchev–Trinajstić information content (AvgIpc) is 1.68. The van der Waals surface area contributed by atoms with Crippen LogP contribution in [0.25, 0.3) is 0 Å². The molecule has 0 radical (unpaired) electrons. The summed E-state index contributed by atoms with van der Waals surface area (Å²) in [4.78, 5) is 0. The third-order valence-electron chi connectivity index (χ3n) is 0.668. The van der Waals surface area contributed by atoms with Gasteiger partial charge in [-0.15, -0.1) is 19.0 Å². The molecule has 3 heteroatoms. The molecule has 0 bridgehead atoms. The van der Waals surface area contributed by atoms with Crippen molar-refractivity contribution in [3.05, 3.63) is 12.7 Å². The fourth-order valence-corrected chi connectivity index (χ4v) is 0.277. The summed E-state index contributed by atoms with van der Waals surface area (Å²) in [5.41, 5.74) is 5.14. The number of rotatable bonds is 3. The molecule has 0 aliphatic heterocycles. The van der Waals surface area contributed by atoms with Gasteiger partial charge in [0.15, 0.2) is 0 Å². The van der Waals surface area contributed by atoms with E-state index in [0.717, 1.165) is 0 Å². The lowest BCUT2D eigenvalue weighted by molar-refractivity contribution is 0.430. The van der Waals surface area contributed by atoms with Gasteiger partial charge < -0.3 is 5.73 Å². The highest BCUT2D eigenvalue weighted by Crippen LogP contribution is 1.86. The van der Waals surface area contributed by atoms with Gasteiger partial charge >= 0.3 is 0 Å². The first kappa shape index (κ1) is 10.8. The summed E-state index contributed by atoms with van der Waals surface area (Å²) in [6.07, 6.45) is 2.18. The van der Waals surface area contributed by atoms with Crippen molar-refractivity contribution in [3.8, 4) is 0 Å². The van der Waals surface area contributed by atoms with E-state index in [9.17, 15) is 4.39 Å². The first-order valence-corrected chi connectivity index (χ1v) is 2.23. The zero-order valence-electron chi connectivity index (χ0n) is 4.64. The van der Waals surface area contributed by atoms with Crippen LogP contribution in [0, 0.1) is 0 Å². The van der Waals surface area contributed by atoms with Crippen molar-refractivity contribution in [1.82, 2.24) is 0 Å². The zero-order valence-corrected chi connectivity index (χ0v) is 5.46. The molecule has 0 amide bonds. The first-order chi connectivity index (χ1) is 3.31. The Morgan fingerprint density at radius 1 is 1.75 bits per heavy atom. The van der Waals surface area contributed by atoms with Crippen LogP contribution in [0.5, 0.6) is 0 Å². The second-order valence-corrected chi connectivity index (χ2v) is 1.44. The fourth-order valence-electron chi connectivity index (χ4n) is 0.277. The number of nitrogens with two attached hydrogens (primary N) is 1. The summed E-state index contributed by atoms with van der Waals surface area (Å²) in [6.45, 7) is 2.95. The Morgan fingerprint density at radius 2 is 2.25 bits per heavy atom. The lowest BCUT2D eigenvalue weighted by atomic mass is 10.2. The Labute approximate surface area is 55.2 Å². The van der Waals surface area contributed by atoms with Gasteiger partial charge in [-0.3, -0.25) is 0 Å². The molecule has 8 heavy (non-hydrogen) atoms. The average molecular weight is 140 g/mol. The molecule has 0 aliphatic rings. The molecule has 1 atom stereocenters. The number of halogens is 2. The zero-order chi connectivity index (χ0) is 5.70. The minimum atomic E-state index is -0.452. The molecule has 0 aromatic heterocycles. The summed E-state index contributed by atoms with van der Waals surface area (Å²) in [6, 6.07) is -0.336. The molecule has 0 heterocycles. The van der Waals surface area contributed by atoms with Crippen molar-refractivity contribution < 1.29 is 4.39 Å². The standard InChI is InChI=1S/C5H10FN.ClH/c1-2-3-5(7)4-6;/h2,5H,1,3-4,7H2;1H. The molecular formula is C5H11ClFN. The van der Waals surface area contributed by atoms with Gasteiger partial charge in [-0.05, 0) is 6.42 Å². The van der Waals surface area contributed by atoms with Crippen LogP contribution in [0.4, 0.5) is 4.39 Å². The molecular weight excluding hydrogens is 129 g/mol. The normalized spacial score (nSPS) is 11.8. The molecule has 0 fully saturated rings. The Hall–Kier alpha value is -0.0800. The van der Waals surface area contributed by atoms with Gasteiger partial charge in [0.25, 0.3) is 0 Å². The largest absolute Gasteiger partial charge is 0.325 e. The minimum absolute atomic E-state index is 0. The SMILES string of the molecule is C=CCC(N)CF.Cl. The third-order valence-corrected chi connectivity index (χ3v) is 0.668. The summed E-state index contributed by atoms with van der Waals surface area (Å²) < 4.78 is 11.4. The van der Waals surface area contributed by atoms with Gasteiger partial charge in [0.1, 0.15) is 6.67 Å². The third kappa shape index (κ3) is 5.92. The maximum Gasteiger partial charge on any atom is 0.105 e. The Balaban J connectivity index is 0. The maximum atomic E-state index is 11.4. The monoisotopic (exact) mass is 139 g/mol. The van der Waals surface area contributed by atoms with Crippen LogP contribution >= 0.6 is 12.4 Å². The second kappa shape index (κ2) is 6.92. The van der Waals surface area contributed by atoms with Gasteiger partial charge in [0, 0.05) is 6.04 Å². The number of hydrogen-bond acceptors (Lipinski definition) is 1.